The number of hydrogen-bond acceptors (Lipinski definition) is 1. The highest BCUT2D eigenvalue weighted by Gasteiger charge is 2.06. The summed E-state index contributed by atoms with van der Waals surface area (Å²) in [5, 5.41) is 0. The third-order valence-corrected chi connectivity index (χ3v) is 1.51. The molecule has 1 heterocycles. The standard InChI is InChI=1S/C6H12O.C3H8.C2H6/c1-6-2-4-7-5-3-6;1-3-2;1-2/h6H,2-5H2,1H3;3H2,1-2H3;1-2H3. The monoisotopic (exact) mass is 174 g/mol. The summed E-state index contributed by atoms with van der Waals surface area (Å²) in [6, 6.07) is 0. The molecular weight excluding hydrogens is 148 g/mol. The SMILES string of the molecule is CC.CC1CCOCC1.CCC. The summed E-state index contributed by atoms with van der Waals surface area (Å²) in [6.07, 6.45) is 3.78. The van der Waals surface area contributed by atoms with Crippen LogP contribution in [0.4, 0.5) is 0 Å². The van der Waals surface area contributed by atoms with Crippen LogP contribution in [-0.2, 0) is 4.74 Å². The van der Waals surface area contributed by atoms with Gasteiger partial charge in [0, 0.05) is 13.2 Å². The largest absolute Gasteiger partial charge is 0.381 e. The molecule has 12 heavy (non-hydrogen) atoms. The van der Waals surface area contributed by atoms with Crippen LogP contribution < -0.4 is 0 Å². The Morgan fingerprint density at radius 2 is 1.42 bits per heavy atom. The Bertz CT molecular complexity index is 56.0. The molecule has 1 rings (SSSR count). The molecule has 0 bridgehead atoms. The fourth-order valence-electron chi connectivity index (χ4n) is 0.815. The molecule has 1 aliphatic rings. The van der Waals surface area contributed by atoms with Crippen molar-refractivity contribution >= 4 is 0 Å². The molecule has 1 fully saturated rings. The van der Waals surface area contributed by atoms with Crippen molar-refractivity contribution in [2.45, 2.75) is 53.9 Å². The van der Waals surface area contributed by atoms with Crippen molar-refractivity contribution in [3.8, 4) is 0 Å². The Kier molecular flexibility index (Phi) is 16.3. The number of rotatable bonds is 0. The molecule has 0 spiro atoms. The summed E-state index contributed by atoms with van der Waals surface area (Å²) in [7, 11) is 0. The van der Waals surface area contributed by atoms with Gasteiger partial charge in [-0.2, -0.15) is 0 Å². The maximum Gasteiger partial charge on any atom is 0.0468 e. The highest BCUT2D eigenvalue weighted by molar-refractivity contribution is 4.55. The predicted molar refractivity (Wildman–Crippen MR) is 56.5 cm³/mol. The Balaban J connectivity index is 0. The fraction of sp³-hybridized carbons (Fsp3) is 1.00. The summed E-state index contributed by atoms with van der Waals surface area (Å²) in [5.74, 6) is 0.911. The molecule has 1 heteroatoms. The van der Waals surface area contributed by atoms with Gasteiger partial charge in [0.2, 0.25) is 0 Å². The second kappa shape index (κ2) is 13.5. The first-order chi connectivity index (χ1) is 5.81. The second-order valence-corrected chi connectivity index (χ2v) is 3.00. The summed E-state index contributed by atoms with van der Waals surface area (Å²) in [5.41, 5.74) is 0. The van der Waals surface area contributed by atoms with Crippen LogP contribution in [0.5, 0.6) is 0 Å². The van der Waals surface area contributed by atoms with E-state index in [2.05, 4.69) is 20.8 Å². The van der Waals surface area contributed by atoms with Gasteiger partial charge in [0.1, 0.15) is 0 Å². The molecule has 1 nitrogen and oxygen atoms in total. The quantitative estimate of drug-likeness (QED) is 0.541. The van der Waals surface area contributed by atoms with Crippen molar-refractivity contribution < 1.29 is 4.74 Å². The molecule has 1 aliphatic heterocycles. The molecule has 0 aliphatic carbocycles. The Labute approximate surface area is 78.5 Å². The topological polar surface area (TPSA) is 9.23 Å². The average molecular weight is 174 g/mol. The lowest BCUT2D eigenvalue weighted by atomic mass is 10.0. The Morgan fingerprint density at radius 3 is 1.58 bits per heavy atom. The number of ether oxygens (including phenoxy) is 1. The minimum absolute atomic E-state index is 0.911. The van der Waals surface area contributed by atoms with Crippen molar-refractivity contribution in [1.82, 2.24) is 0 Å². The zero-order chi connectivity index (χ0) is 9.82. The molecule has 0 aromatic rings. The van der Waals surface area contributed by atoms with Crippen LogP contribution in [0.1, 0.15) is 53.9 Å². The van der Waals surface area contributed by atoms with Crippen LogP contribution in [-0.4, -0.2) is 13.2 Å². The van der Waals surface area contributed by atoms with E-state index >= 15 is 0 Å². The molecule has 0 atom stereocenters. The van der Waals surface area contributed by atoms with Crippen LogP contribution in [0.3, 0.4) is 0 Å². The van der Waals surface area contributed by atoms with E-state index in [0.717, 1.165) is 19.1 Å². The van der Waals surface area contributed by atoms with E-state index in [4.69, 9.17) is 4.74 Å². The Morgan fingerprint density at radius 1 is 1.08 bits per heavy atom. The maximum absolute atomic E-state index is 5.14. The van der Waals surface area contributed by atoms with Crippen LogP contribution >= 0.6 is 0 Å². The molecule has 0 amide bonds. The van der Waals surface area contributed by atoms with E-state index in [1.54, 1.807) is 0 Å². The van der Waals surface area contributed by atoms with Crippen molar-refractivity contribution in [1.29, 1.82) is 0 Å². The second-order valence-electron chi connectivity index (χ2n) is 3.00. The van der Waals surface area contributed by atoms with Crippen molar-refractivity contribution in [2.75, 3.05) is 13.2 Å². The van der Waals surface area contributed by atoms with E-state index in [1.165, 1.54) is 19.3 Å². The molecule has 0 aromatic heterocycles. The lowest BCUT2D eigenvalue weighted by Gasteiger charge is -2.16. The van der Waals surface area contributed by atoms with Crippen molar-refractivity contribution in [3.05, 3.63) is 0 Å². The molecule has 1 saturated heterocycles. The molecule has 0 N–H and O–H groups in total. The first kappa shape index (κ1) is 14.5. The summed E-state index contributed by atoms with van der Waals surface area (Å²) < 4.78 is 5.14. The average Bonchev–Trinajstić information content (AvgIpc) is 2.11. The van der Waals surface area contributed by atoms with E-state index < -0.39 is 0 Å². The van der Waals surface area contributed by atoms with Crippen molar-refractivity contribution in [3.63, 3.8) is 0 Å². The van der Waals surface area contributed by atoms with Crippen LogP contribution in [0.2, 0.25) is 0 Å². The molecular formula is C11H26O. The molecule has 76 valence electrons. The Hall–Kier alpha value is -0.0400. The maximum atomic E-state index is 5.14. The van der Waals surface area contributed by atoms with Gasteiger partial charge in [0.15, 0.2) is 0 Å². The minimum atomic E-state index is 0.911. The van der Waals surface area contributed by atoms with Gasteiger partial charge in [-0.1, -0.05) is 41.0 Å². The molecule has 0 saturated carbocycles. The zero-order valence-corrected chi connectivity index (χ0v) is 9.52. The summed E-state index contributed by atoms with van der Waals surface area (Å²) >= 11 is 0. The van der Waals surface area contributed by atoms with E-state index in [1.807, 2.05) is 13.8 Å². The highest BCUT2D eigenvalue weighted by atomic mass is 16.5. The summed E-state index contributed by atoms with van der Waals surface area (Å²) in [6.45, 7) is 12.5. The number of hydrogen-bond donors (Lipinski definition) is 0. The van der Waals surface area contributed by atoms with Crippen molar-refractivity contribution in [2.24, 2.45) is 5.92 Å². The normalized spacial score (nSPS) is 16.8. The van der Waals surface area contributed by atoms with Gasteiger partial charge in [-0.05, 0) is 18.8 Å². The van der Waals surface area contributed by atoms with Gasteiger partial charge in [0.25, 0.3) is 0 Å². The lowest BCUT2D eigenvalue weighted by molar-refractivity contribution is 0.0716. The smallest absolute Gasteiger partial charge is 0.0468 e. The van der Waals surface area contributed by atoms with Gasteiger partial charge < -0.3 is 4.74 Å². The van der Waals surface area contributed by atoms with Gasteiger partial charge in [-0.3, -0.25) is 0 Å². The van der Waals surface area contributed by atoms with Crippen LogP contribution in [0, 0.1) is 5.92 Å². The van der Waals surface area contributed by atoms with Gasteiger partial charge in [0.05, 0.1) is 0 Å². The zero-order valence-electron chi connectivity index (χ0n) is 9.52. The molecule has 0 radical (unpaired) electrons. The predicted octanol–water partition coefficient (Wildman–Crippen LogP) is 3.88. The third kappa shape index (κ3) is 12.6. The van der Waals surface area contributed by atoms with E-state index in [9.17, 15) is 0 Å². The van der Waals surface area contributed by atoms with E-state index in [0.29, 0.717) is 0 Å². The van der Waals surface area contributed by atoms with Gasteiger partial charge in [-0.15, -0.1) is 0 Å². The first-order valence-electron chi connectivity index (χ1n) is 5.39. The summed E-state index contributed by atoms with van der Waals surface area (Å²) in [4.78, 5) is 0. The lowest BCUT2D eigenvalue weighted by Crippen LogP contribution is -2.12. The first-order valence-corrected chi connectivity index (χ1v) is 5.39. The molecule has 0 aromatic carbocycles. The van der Waals surface area contributed by atoms with Gasteiger partial charge in [-0.25, -0.2) is 0 Å². The fourth-order valence-corrected chi connectivity index (χ4v) is 0.815. The van der Waals surface area contributed by atoms with Crippen LogP contribution in [0.25, 0.3) is 0 Å². The third-order valence-electron chi connectivity index (χ3n) is 1.51. The van der Waals surface area contributed by atoms with E-state index in [-0.39, 0.29) is 0 Å². The van der Waals surface area contributed by atoms with Crippen LogP contribution in [0.15, 0.2) is 0 Å². The molecule has 0 unspecified atom stereocenters. The van der Waals surface area contributed by atoms with Gasteiger partial charge >= 0.3 is 0 Å². The highest BCUT2D eigenvalue weighted by Crippen LogP contribution is 2.11. The minimum Gasteiger partial charge on any atom is -0.381 e.